The number of urea groups is 1. The van der Waals surface area contributed by atoms with E-state index in [4.69, 9.17) is 5.11 Å². The van der Waals surface area contributed by atoms with E-state index in [0.29, 0.717) is 6.54 Å². The topological polar surface area (TPSA) is 95.4 Å². The summed E-state index contributed by atoms with van der Waals surface area (Å²) in [6, 6.07) is 1.23. The predicted octanol–water partition coefficient (Wildman–Crippen LogP) is 1.05. The van der Waals surface area contributed by atoms with Crippen LogP contribution in [0.25, 0.3) is 0 Å². The molecule has 98 valence electrons. The van der Waals surface area contributed by atoms with Crippen LogP contribution in [0.3, 0.4) is 0 Å². The molecule has 7 nitrogen and oxygen atoms in total. The van der Waals surface area contributed by atoms with Gasteiger partial charge in [0.2, 0.25) is 5.95 Å². The van der Waals surface area contributed by atoms with Crippen LogP contribution >= 0.6 is 0 Å². The van der Waals surface area contributed by atoms with Gasteiger partial charge in [-0.25, -0.2) is 14.8 Å². The number of aliphatic carboxylic acids is 1. The zero-order valence-corrected chi connectivity index (χ0v) is 10.3. The third kappa shape index (κ3) is 4.00. The molecule has 0 saturated heterocycles. The van der Waals surface area contributed by atoms with Crippen LogP contribution in [0.15, 0.2) is 18.5 Å². The number of nitrogens with zero attached hydrogens (tertiary/aromatic N) is 3. The summed E-state index contributed by atoms with van der Waals surface area (Å²) in [6.45, 7) is 3.89. The van der Waals surface area contributed by atoms with Gasteiger partial charge in [-0.3, -0.25) is 10.1 Å². The average molecular weight is 252 g/mol. The molecule has 0 fully saturated rings. The Morgan fingerprint density at radius 3 is 2.56 bits per heavy atom. The van der Waals surface area contributed by atoms with Crippen LogP contribution in [-0.4, -0.2) is 45.1 Å². The number of aromatic nitrogens is 2. The van der Waals surface area contributed by atoms with Crippen molar-refractivity contribution in [2.75, 3.05) is 18.4 Å². The molecule has 1 atom stereocenters. The standard InChI is InChI=1S/C11H16N4O3/c1-3-15(7-8(2)9(16)17)11(18)14-10-12-5-4-6-13-10/h4-6,8H,3,7H2,1-2H3,(H,16,17)(H,12,13,14,18). The number of amides is 2. The Kier molecular flexibility index (Phi) is 5.04. The normalized spacial score (nSPS) is 11.7. The Bertz CT molecular complexity index is 410. The van der Waals surface area contributed by atoms with Crippen LogP contribution in [0.4, 0.5) is 10.7 Å². The predicted molar refractivity (Wildman–Crippen MR) is 65.1 cm³/mol. The van der Waals surface area contributed by atoms with E-state index in [1.807, 2.05) is 0 Å². The first-order valence-electron chi connectivity index (χ1n) is 5.60. The second-order valence-corrected chi connectivity index (χ2v) is 3.78. The summed E-state index contributed by atoms with van der Waals surface area (Å²) in [5, 5.41) is 11.3. The number of carbonyl (C=O) groups excluding carboxylic acids is 1. The minimum Gasteiger partial charge on any atom is -0.481 e. The first kappa shape index (κ1) is 13.9. The number of anilines is 1. The van der Waals surface area contributed by atoms with Crippen molar-refractivity contribution in [3.63, 3.8) is 0 Å². The van der Waals surface area contributed by atoms with Crippen molar-refractivity contribution in [3.8, 4) is 0 Å². The van der Waals surface area contributed by atoms with Crippen molar-refractivity contribution < 1.29 is 14.7 Å². The third-order valence-corrected chi connectivity index (χ3v) is 2.37. The minimum absolute atomic E-state index is 0.143. The van der Waals surface area contributed by atoms with E-state index in [1.54, 1.807) is 19.9 Å². The monoisotopic (exact) mass is 252 g/mol. The van der Waals surface area contributed by atoms with Gasteiger partial charge in [0.25, 0.3) is 0 Å². The lowest BCUT2D eigenvalue weighted by Gasteiger charge is -2.22. The second kappa shape index (κ2) is 6.53. The number of rotatable bonds is 5. The third-order valence-electron chi connectivity index (χ3n) is 2.37. The Balaban J connectivity index is 2.60. The highest BCUT2D eigenvalue weighted by molar-refractivity contribution is 5.87. The first-order chi connectivity index (χ1) is 8.54. The molecule has 0 spiro atoms. The van der Waals surface area contributed by atoms with E-state index >= 15 is 0 Å². The molecule has 18 heavy (non-hydrogen) atoms. The summed E-state index contributed by atoms with van der Waals surface area (Å²) in [4.78, 5) is 31.7. The molecule has 0 aromatic carbocycles. The lowest BCUT2D eigenvalue weighted by atomic mass is 10.2. The van der Waals surface area contributed by atoms with E-state index < -0.39 is 17.9 Å². The SMILES string of the molecule is CCN(CC(C)C(=O)O)C(=O)Nc1ncccn1. The van der Waals surface area contributed by atoms with Crippen molar-refractivity contribution in [3.05, 3.63) is 18.5 Å². The number of hydrogen-bond acceptors (Lipinski definition) is 4. The van der Waals surface area contributed by atoms with Crippen molar-refractivity contribution in [1.82, 2.24) is 14.9 Å². The summed E-state index contributed by atoms with van der Waals surface area (Å²) in [6.07, 6.45) is 3.03. The van der Waals surface area contributed by atoms with E-state index in [1.165, 1.54) is 17.3 Å². The van der Waals surface area contributed by atoms with Gasteiger partial charge in [0.1, 0.15) is 0 Å². The van der Waals surface area contributed by atoms with Crippen LogP contribution in [0, 0.1) is 5.92 Å². The van der Waals surface area contributed by atoms with Gasteiger partial charge in [0, 0.05) is 25.5 Å². The molecular formula is C11H16N4O3. The molecule has 2 amide bonds. The summed E-state index contributed by atoms with van der Waals surface area (Å²) < 4.78 is 0. The quantitative estimate of drug-likeness (QED) is 0.816. The van der Waals surface area contributed by atoms with Gasteiger partial charge in [-0.15, -0.1) is 0 Å². The molecule has 1 unspecified atom stereocenters. The molecule has 1 rings (SSSR count). The molecule has 7 heteroatoms. The summed E-state index contributed by atoms with van der Waals surface area (Å²) in [5.41, 5.74) is 0. The molecule has 0 radical (unpaired) electrons. The van der Waals surface area contributed by atoms with Gasteiger partial charge < -0.3 is 10.0 Å². The Morgan fingerprint density at radius 2 is 2.06 bits per heavy atom. The van der Waals surface area contributed by atoms with Crippen LogP contribution in [-0.2, 0) is 4.79 Å². The molecule has 1 aromatic rings. The van der Waals surface area contributed by atoms with E-state index in [9.17, 15) is 9.59 Å². The Hall–Kier alpha value is -2.18. The fraction of sp³-hybridized carbons (Fsp3) is 0.455. The number of nitrogens with one attached hydrogen (secondary N) is 1. The molecule has 0 bridgehead atoms. The average Bonchev–Trinajstić information content (AvgIpc) is 2.36. The lowest BCUT2D eigenvalue weighted by molar-refractivity contribution is -0.141. The molecule has 1 aromatic heterocycles. The molecule has 2 N–H and O–H groups in total. The van der Waals surface area contributed by atoms with E-state index in [0.717, 1.165) is 0 Å². The Morgan fingerprint density at radius 1 is 1.44 bits per heavy atom. The smallest absolute Gasteiger partial charge is 0.324 e. The maximum atomic E-state index is 11.8. The van der Waals surface area contributed by atoms with Crippen molar-refractivity contribution in [1.29, 1.82) is 0 Å². The van der Waals surface area contributed by atoms with Crippen LogP contribution in [0.5, 0.6) is 0 Å². The first-order valence-corrected chi connectivity index (χ1v) is 5.60. The van der Waals surface area contributed by atoms with Gasteiger partial charge in [0.15, 0.2) is 0 Å². The minimum atomic E-state index is -0.933. The molecule has 0 aliphatic heterocycles. The zero-order chi connectivity index (χ0) is 13.5. The van der Waals surface area contributed by atoms with Gasteiger partial charge in [-0.05, 0) is 13.0 Å². The molecule has 0 aliphatic carbocycles. The fourth-order valence-electron chi connectivity index (χ4n) is 1.30. The number of carboxylic acids is 1. The number of carboxylic acid groups (broad SMARTS) is 1. The maximum absolute atomic E-state index is 11.8. The Labute approximate surface area is 105 Å². The van der Waals surface area contributed by atoms with E-state index in [2.05, 4.69) is 15.3 Å². The van der Waals surface area contributed by atoms with Crippen LogP contribution in [0.1, 0.15) is 13.8 Å². The highest BCUT2D eigenvalue weighted by Gasteiger charge is 2.19. The zero-order valence-electron chi connectivity index (χ0n) is 10.3. The van der Waals surface area contributed by atoms with E-state index in [-0.39, 0.29) is 12.5 Å². The molecule has 0 saturated carbocycles. The molecular weight excluding hydrogens is 236 g/mol. The summed E-state index contributed by atoms with van der Waals surface area (Å²) >= 11 is 0. The number of carbonyl (C=O) groups is 2. The van der Waals surface area contributed by atoms with Crippen molar-refractivity contribution in [2.45, 2.75) is 13.8 Å². The fourth-order valence-corrected chi connectivity index (χ4v) is 1.30. The summed E-state index contributed by atoms with van der Waals surface area (Å²) in [7, 11) is 0. The van der Waals surface area contributed by atoms with Gasteiger partial charge in [-0.1, -0.05) is 6.92 Å². The lowest BCUT2D eigenvalue weighted by Crippen LogP contribution is -2.39. The number of hydrogen-bond donors (Lipinski definition) is 2. The van der Waals surface area contributed by atoms with Gasteiger partial charge in [-0.2, -0.15) is 0 Å². The van der Waals surface area contributed by atoms with Crippen molar-refractivity contribution >= 4 is 17.9 Å². The maximum Gasteiger partial charge on any atom is 0.324 e. The second-order valence-electron chi connectivity index (χ2n) is 3.78. The molecule has 0 aliphatic rings. The van der Waals surface area contributed by atoms with Gasteiger partial charge in [0.05, 0.1) is 5.92 Å². The van der Waals surface area contributed by atoms with Crippen molar-refractivity contribution in [2.24, 2.45) is 5.92 Å². The highest BCUT2D eigenvalue weighted by Crippen LogP contribution is 2.03. The largest absolute Gasteiger partial charge is 0.481 e. The van der Waals surface area contributed by atoms with Gasteiger partial charge >= 0.3 is 12.0 Å². The van der Waals surface area contributed by atoms with Crippen LogP contribution < -0.4 is 5.32 Å². The highest BCUT2D eigenvalue weighted by atomic mass is 16.4. The van der Waals surface area contributed by atoms with Crippen LogP contribution in [0.2, 0.25) is 0 Å². The molecule has 1 heterocycles. The summed E-state index contributed by atoms with van der Waals surface area (Å²) in [5.74, 6) is -1.35.